The first-order valence-corrected chi connectivity index (χ1v) is 10.8. The van der Waals surface area contributed by atoms with Gasteiger partial charge in [-0.05, 0) is 42.7 Å². The van der Waals surface area contributed by atoms with Gasteiger partial charge >= 0.3 is 0 Å². The number of piperazine rings is 1. The van der Waals surface area contributed by atoms with Gasteiger partial charge in [0.25, 0.3) is 0 Å². The van der Waals surface area contributed by atoms with E-state index in [2.05, 4.69) is 45.1 Å². The molecule has 1 aromatic heterocycles. The van der Waals surface area contributed by atoms with E-state index < -0.39 is 0 Å². The first-order valence-electron chi connectivity index (χ1n) is 10.8. The van der Waals surface area contributed by atoms with Crippen molar-refractivity contribution >= 4 is 16.8 Å². The molecule has 3 aromatic rings. The van der Waals surface area contributed by atoms with Gasteiger partial charge in [0, 0.05) is 32.1 Å². The summed E-state index contributed by atoms with van der Waals surface area (Å²) in [4.78, 5) is 20.1. The Bertz CT molecular complexity index is 1060. The second-order valence-electron chi connectivity index (χ2n) is 8.32. The van der Waals surface area contributed by atoms with Crippen LogP contribution in [-0.2, 0) is 17.9 Å². The number of hydrogen-bond donors (Lipinski definition) is 1. The maximum atomic E-state index is 12.9. The molecule has 0 amide bonds. The molecule has 2 aromatic carbocycles. The molecule has 0 radical (unpaired) electrons. The number of nitrogens with zero attached hydrogens (tertiary/aromatic N) is 3. The van der Waals surface area contributed by atoms with Crippen molar-refractivity contribution in [2.75, 3.05) is 26.7 Å². The van der Waals surface area contributed by atoms with Crippen LogP contribution in [0.2, 0.25) is 0 Å². The highest BCUT2D eigenvalue weighted by atomic mass is 16.5. The fourth-order valence-electron chi connectivity index (χ4n) is 4.41. The van der Waals surface area contributed by atoms with Crippen LogP contribution in [0.4, 0.5) is 0 Å². The minimum Gasteiger partial charge on any atom is -0.497 e. The molecule has 0 spiro atoms. The number of rotatable bonds is 7. The normalized spacial score (nSPS) is 19.8. The van der Waals surface area contributed by atoms with Crippen molar-refractivity contribution in [1.29, 1.82) is 0 Å². The Balaban J connectivity index is 1.47. The molecule has 6 heteroatoms. The molecular formula is C24H28N4O2. The number of hydrogen-bond acceptors (Lipinski definition) is 5. The Kier molecular flexibility index (Phi) is 5.27. The zero-order valence-corrected chi connectivity index (χ0v) is 17.4. The fraction of sp³-hybridized carbons (Fsp3) is 0.417. The lowest BCUT2D eigenvalue weighted by atomic mass is 10.0. The molecule has 0 bridgehead atoms. The Hall–Kier alpha value is -2.70. The average molecular weight is 405 g/mol. The molecule has 1 unspecified atom stereocenters. The summed E-state index contributed by atoms with van der Waals surface area (Å²) in [5.41, 5.74) is 3.29. The molecule has 1 saturated heterocycles. The lowest BCUT2D eigenvalue weighted by Gasteiger charge is -2.35. The van der Waals surface area contributed by atoms with Crippen molar-refractivity contribution in [2.24, 2.45) is 5.92 Å². The standard InChI is InChI=1S/C24H28N4O2/c1-30-19-6-4-5-17(13-19)15-28-21-8-3-2-7-20(21)26-23(28)16-27-12-11-25-14-22(27)24(29)18-9-10-18/h2-8,13,18,22,25H,9-12,14-16H2,1H3. The predicted octanol–water partition coefficient (Wildman–Crippen LogP) is 2.85. The number of ether oxygens (including phenoxy) is 1. The highest BCUT2D eigenvalue weighted by Crippen LogP contribution is 2.32. The van der Waals surface area contributed by atoms with Gasteiger partial charge in [-0.1, -0.05) is 24.3 Å². The van der Waals surface area contributed by atoms with Crippen molar-refractivity contribution in [2.45, 2.75) is 32.0 Å². The number of carbonyl (C=O) groups excluding carboxylic acids is 1. The van der Waals surface area contributed by atoms with Crippen LogP contribution < -0.4 is 10.1 Å². The lowest BCUT2D eigenvalue weighted by Crippen LogP contribution is -2.55. The van der Waals surface area contributed by atoms with Crippen molar-refractivity contribution < 1.29 is 9.53 Å². The number of benzene rings is 2. The molecule has 30 heavy (non-hydrogen) atoms. The van der Waals surface area contributed by atoms with Crippen molar-refractivity contribution in [3.05, 3.63) is 59.9 Å². The van der Waals surface area contributed by atoms with Crippen LogP contribution >= 0.6 is 0 Å². The van der Waals surface area contributed by atoms with E-state index in [4.69, 9.17) is 9.72 Å². The van der Waals surface area contributed by atoms with Crippen LogP contribution in [-0.4, -0.2) is 53.0 Å². The minimum absolute atomic E-state index is 0.0451. The first-order chi connectivity index (χ1) is 14.7. The van der Waals surface area contributed by atoms with Gasteiger partial charge in [-0.2, -0.15) is 0 Å². The highest BCUT2D eigenvalue weighted by molar-refractivity contribution is 5.88. The quantitative estimate of drug-likeness (QED) is 0.656. The van der Waals surface area contributed by atoms with E-state index in [1.807, 2.05) is 18.2 Å². The number of methoxy groups -OCH3 is 1. The first kappa shape index (κ1) is 19.3. The van der Waals surface area contributed by atoms with Crippen LogP contribution in [0.5, 0.6) is 5.75 Å². The van der Waals surface area contributed by atoms with E-state index in [0.717, 1.165) is 61.6 Å². The van der Waals surface area contributed by atoms with Gasteiger partial charge in [0.05, 0.1) is 30.7 Å². The molecule has 1 saturated carbocycles. The Labute approximate surface area is 176 Å². The number of ketones is 1. The van der Waals surface area contributed by atoms with Crippen molar-refractivity contribution in [3.8, 4) is 5.75 Å². The van der Waals surface area contributed by atoms with Gasteiger partial charge in [0.2, 0.25) is 0 Å². The summed E-state index contributed by atoms with van der Waals surface area (Å²) in [6.45, 7) is 3.92. The summed E-state index contributed by atoms with van der Waals surface area (Å²) in [6, 6.07) is 16.4. The summed E-state index contributed by atoms with van der Waals surface area (Å²) in [5.74, 6) is 2.54. The number of Topliss-reactive ketones (excluding diaryl/α,β-unsaturated/α-hetero) is 1. The second kappa shape index (κ2) is 8.20. The maximum absolute atomic E-state index is 12.9. The smallest absolute Gasteiger partial charge is 0.154 e. The van der Waals surface area contributed by atoms with Gasteiger partial charge in [-0.15, -0.1) is 0 Å². The van der Waals surface area contributed by atoms with Gasteiger partial charge in [0.1, 0.15) is 11.6 Å². The van der Waals surface area contributed by atoms with Crippen molar-refractivity contribution in [1.82, 2.24) is 19.8 Å². The van der Waals surface area contributed by atoms with Gasteiger partial charge in [0.15, 0.2) is 5.78 Å². The SMILES string of the molecule is COc1cccc(Cn2c(CN3CCNCC3C(=O)C3CC3)nc3ccccc32)c1. The van der Waals surface area contributed by atoms with Crippen LogP contribution in [0.3, 0.4) is 0 Å². The molecule has 1 N–H and O–H groups in total. The summed E-state index contributed by atoms with van der Waals surface area (Å²) < 4.78 is 7.69. The number of aromatic nitrogens is 2. The van der Waals surface area contributed by atoms with E-state index in [1.165, 1.54) is 5.56 Å². The lowest BCUT2D eigenvalue weighted by molar-refractivity contribution is -0.126. The molecule has 2 aliphatic rings. The Morgan fingerprint density at radius 3 is 2.87 bits per heavy atom. The van der Waals surface area contributed by atoms with Crippen LogP contribution in [0.25, 0.3) is 11.0 Å². The number of imidazole rings is 1. The molecule has 2 fully saturated rings. The van der Waals surface area contributed by atoms with E-state index in [0.29, 0.717) is 12.3 Å². The molecule has 2 heterocycles. The molecule has 6 nitrogen and oxygen atoms in total. The molecule has 5 rings (SSSR count). The number of nitrogens with one attached hydrogen (secondary N) is 1. The summed E-state index contributed by atoms with van der Waals surface area (Å²) in [7, 11) is 1.69. The van der Waals surface area contributed by atoms with Crippen molar-refractivity contribution in [3.63, 3.8) is 0 Å². The third-order valence-electron chi connectivity index (χ3n) is 6.22. The van der Waals surface area contributed by atoms with Crippen LogP contribution in [0.1, 0.15) is 24.2 Å². The van der Waals surface area contributed by atoms with E-state index in [9.17, 15) is 4.79 Å². The third-order valence-corrected chi connectivity index (χ3v) is 6.22. The average Bonchev–Trinajstić information content (AvgIpc) is 3.58. The molecule has 156 valence electrons. The molecule has 1 atom stereocenters. The fourth-order valence-corrected chi connectivity index (χ4v) is 4.41. The number of fused-ring (bicyclic) bond motifs is 1. The van der Waals surface area contributed by atoms with E-state index >= 15 is 0 Å². The van der Waals surface area contributed by atoms with E-state index in [1.54, 1.807) is 7.11 Å². The van der Waals surface area contributed by atoms with Gasteiger partial charge in [-0.3, -0.25) is 9.69 Å². The molecular weight excluding hydrogens is 376 g/mol. The largest absolute Gasteiger partial charge is 0.497 e. The Morgan fingerprint density at radius 1 is 1.17 bits per heavy atom. The third kappa shape index (κ3) is 3.85. The number of para-hydroxylation sites is 2. The molecule has 1 aliphatic heterocycles. The minimum atomic E-state index is -0.0451. The Morgan fingerprint density at radius 2 is 2.03 bits per heavy atom. The predicted molar refractivity (Wildman–Crippen MR) is 117 cm³/mol. The summed E-state index contributed by atoms with van der Waals surface area (Å²) in [5, 5.41) is 3.40. The van der Waals surface area contributed by atoms with Crippen LogP contribution in [0.15, 0.2) is 48.5 Å². The topological polar surface area (TPSA) is 59.4 Å². The second-order valence-corrected chi connectivity index (χ2v) is 8.32. The highest BCUT2D eigenvalue weighted by Gasteiger charge is 2.38. The van der Waals surface area contributed by atoms with Gasteiger partial charge in [-0.25, -0.2) is 4.98 Å². The summed E-state index contributed by atoms with van der Waals surface area (Å²) >= 11 is 0. The zero-order chi connectivity index (χ0) is 20.5. The monoisotopic (exact) mass is 404 g/mol. The van der Waals surface area contributed by atoms with Gasteiger partial charge < -0.3 is 14.6 Å². The molecule has 1 aliphatic carbocycles. The van der Waals surface area contributed by atoms with E-state index in [-0.39, 0.29) is 12.0 Å². The maximum Gasteiger partial charge on any atom is 0.154 e. The summed E-state index contributed by atoms with van der Waals surface area (Å²) in [6.07, 6.45) is 2.11. The number of carbonyl (C=O) groups is 1. The van der Waals surface area contributed by atoms with Crippen LogP contribution in [0, 0.1) is 5.92 Å². The zero-order valence-electron chi connectivity index (χ0n) is 17.4.